The molecule has 0 spiro atoms. The van der Waals surface area contributed by atoms with Crippen molar-refractivity contribution < 1.29 is 33.9 Å². The van der Waals surface area contributed by atoms with E-state index in [4.69, 9.17) is 23.7 Å². The van der Waals surface area contributed by atoms with E-state index in [1.165, 1.54) is 33.6 Å². The molecule has 5 heterocycles. The van der Waals surface area contributed by atoms with Crippen molar-refractivity contribution in [3.05, 3.63) is 303 Å². The number of ether oxygens (including phenoxy) is 5. The molecule has 0 radical (unpaired) electrons. The van der Waals surface area contributed by atoms with Gasteiger partial charge in [-0.3, -0.25) is 18.3 Å². The number of methoxy groups -OCH3 is 2. The van der Waals surface area contributed by atoms with E-state index in [0.29, 0.717) is 0 Å². The molecule has 1 fully saturated rings. The minimum Gasteiger partial charge on any atom is -0.497 e. The third-order valence-electron chi connectivity index (χ3n) is 20.0. The molecule has 113 heavy (non-hydrogen) atoms. The standard InChI is InChI=1S/C26H27N3O2.C24H25N3O.2C23H22N2O2/c1-19(2)31-24-10-8-23(9-11-24)29-18-27-25-12-5-21(17-26(25)29)20-3-6-22(7-4-20)28-13-15-30-16-14-28;1-17(2)28-22-12-10-21(11-13-22)27-16-25-23-14-7-19(15-24(23)27)18-5-8-20(9-6-18)26(3)4;1-23(2,26)18-10-7-16(8-11-18)17-9-12-21-22(13-17)25(15-24-21)19-5-4-6-20(14-19)27-3;1-23(2,26)18-11-8-16(9-12-18)17-10-13-19-21(14-17)25(15-24-19)20-6-4-5-7-22(20)27-3/h3-12,17-19H,13-16H2,1-2H3;5-17H,1-4H3;2*4-15,26H,1-3H3. The SMILES string of the molecule is CC(C)Oc1ccc(-n2cnc3ccc(-c4ccc(N(C)C)cc4)cc32)cc1.CC(C)Oc1ccc(-n2cnc3ccc(-c4ccc(N5CCOCC5)cc4)cc32)cc1.COc1cccc(-n2cnc3ccc(-c4ccc(C(C)(C)O)cc4)cc32)c1.COc1ccccc1-n1cnc2ccc(-c3ccc(C(C)(C)O)cc3)cc21. The first-order valence-corrected chi connectivity index (χ1v) is 38.2. The maximum atomic E-state index is 10.2. The van der Waals surface area contributed by atoms with Crippen LogP contribution < -0.4 is 28.7 Å². The Bertz CT molecular complexity index is 5870. The second-order valence-corrected chi connectivity index (χ2v) is 29.8. The van der Waals surface area contributed by atoms with Crippen molar-refractivity contribution in [2.24, 2.45) is 0 Å². The molecule has 0 aliphatic carbocycles. The molecule has 2 N–H and O–H groups in total. The van der Waals surface area contributed by atoms with Gasteiger partial charge in [0.05, 0.1) is 106 Å². The summed E-state index contributed by atoms with van der Waals surface area (Å²) in [5.74, 6) is 3.37. The Morgan fingerprint density at radius 2 is 0.726 bits per heavy atom. The normalized spacial score (nSPS) is 12.3. The second kappa shape index (κ2) is 33.8. The van der Waals surface area contributed by atoms with Crippen LogP contribution in [0, 0.1) is 0 Å². The number of hydrogen-bond donors (Lipinski definition) is 2. The average molecular weight is 1500 g/mol. The number of benzene rings is 12. The molecule has 0 bridgehead atoms. The summed E-state index contributed by atoms with van der Waals surface area (Å²) in [7, 11) is 7.45. The molecular formula is C96H96N10O7. The lowest BCUT2D eigenvalue weighted by atomic mass is 9.95. The first-order valence-electron chi connectivity index (χ1n) is 38.2. The maximum Gasteiger partial charge on any atom is 0.142 e. The van der Waals surface area contributed by atoms with Crippen molar-refractivity contribution in [1.82, 2.24) is 38.2 Å². The highest BCUT2D eigenvalue weighted by Crippen LogP contribution is 2.36. The summed E-state index contributed by atoms with van der Waals surface area (Å²) in [6.07, 6.45) is 7.75. The van der Waals surface area contributed by atoms with Crippen LogP contribution in [0.1, 0.15) is 66.5 Å². The molecular weight excluding hydrogens is 1410 g/mol. The summed E-state index contributed by atoms with van der Waals surface area (Å²) in [5.41, 5.74) is 23.9. The lowest BCUT2D eigenvalue weighted by Crippen LogP contribution is -2.36. The zero-order valence-corrected chi connectivity index (χ0v) is 66.1. The number of anilines is 2. The van der Waals surface area contributed by atoms with Crippen LogP contribution in [0.15, 0.2) is 292 Å². The van der Waals surface area contributed by atoms with Crippen LogP contribution in [0.5, 0.6) is 23.0 Å². The minimum atomic E-state index is -0.842. The van der Waals surface area contributed by atoms with Gasteiger partial charge in [-0.25, -0.2) is 19.9 Å². The van der Waals surface area contributed by atoms with E-state index in [0.717, 1.165) is 150 Å². The Kier molecular flexibility index (Phi) is 23.0. The first-order chi connectivity index (χ1) is 54.6. The fourth-order valence-corrected chi connectivity index (χ4v) is 13.8. The predicted molar refractivity (Wildman–Crippen MR) is 459 cm³/mol. The minimum absolute atomic E-state index is 0.164. The van der Waals surface area contributed by atoms with Gasteiger partial charge in [-0.05, 0) is 257 Å². The van der Waals surface area contributed by atoms with Crippen molar-refractivity contribution in [3.63, 3.8) is 0 Å². The van der Waals surface area contributed by atoms with Gasteiger partial charge >= 0.3 is 0 Å². The van der Waals surface area contributed by atoms with Gasteiger partial charge in [-0.1, -0.05) is 115 Å². The number of rotatable bonds is 18. The molecule has 17 nitrogen and oxygen atoms in total. The Hall–Kier alpha value is -12.8. The molecule has 0 unspecified atom stereocenters. The largest absolute Gasteiger partial charge is 0.497 e. The predicted octanol–water partition coefficient (Wildman–Crippen LogP) is 20.7. The molecule has 572 valence electrons. The van der Waals surface area contributed by atoms with E-state index in [1.54, 1.807) is 41.9 Å². The van der Waals surface area contributed by atoms with Gasteiger partial charge in [-0.2, -0.15) is 0 Å². The smallest absolute Gasteiger partial charge is 0.142 e. The Labute approximate surface area is 660 Å². The highest BCUT2D eigenvalue weighted by Gasteiger charge is 2.20. The monoisotopic (exact) mass is 1500 g/mol. The number of fused-ring (bicyclic) bond motifs is 4. The van der Waals surface area contributed by atoms with Gasteiger partial charge in [0.1, 0.15) is 48.3 Å². The molecule has 0 atom stereocenters. The molecule has 12 aromatic carbocycles. The van der Waals surface area contributed by atoms with Crippen molar-refractivity contribution in [1.29, 1.82) is 0 Å². The van der Waals surface area contributed by atoms with Crippen LogP contribution in [-0.4, -0.2) is 115 Å². The van der Waals surface area contributed by atoms with Crippen molar-refractivity contribution >= 4 is 55.5 Å². The van der Waals surface area contributed by atoms with Gasteiger partial charge in [0.25, 0.3) is 0 Å². The average Bonchev–Trinajstić information content (AvgIpc) is 1.68. The Morgan fingerprint density at radius 3 is 1.12 bits per heavy atom. The number of morpholine rings is 1. The third kappa shape index (κ3) is 18.0. The third-order valence-corrected chi connectivity index (χ3v) is 20.0. The molecule has 1 aliphatic heterocycles. The van der Waals surface area contributed by atoms with Gasteiger partial charge in [-0.15, -0.1) is 0 Å². The lowest BCUT2D eigenvalue weighted by Gasteiger charge is -2.28. The molecule has 1 saturated heterocycles. The molecule has 16 aromatic rings. The van der Waals surface area contributed by atoms with E-state index in [2.05, 4.69) is 191 Å². The zero-order valence-electron chi connectivity index (χ0n) is 66.1. The molecule has 4 aromatic heterocycles. The Morgan fingerprint density at radius 1 is 0.363 bits per heavy atom. The van der Waals surface area contributed by atoms with E-state index in [1.807, 2.05) is 191 Å². The van der Waals surface area contributed by atoms with Crippen molar-refractivity contribution in [2.75, 3.05) is 64.4 Å². The summed E-state index contributed by atoms with van der Waals surface area (Å²) >= 11 is 0. The fraction of sp³-hybridized carbons (Fsp3) is 0.208. The van der Waals surface area contributed by atoms with E-state index >= 15 is 0 Å². The van der Waals surface area contributed by atoms with Gasteiger partial charge in [0, 0.05) is 56.0 Å². The molecule has 0 saturated carbocycles. The summed E-state index contributed by atoms with van der Waals surface area (Å²) < 4.78 is 36.2. The number of para-hydroxylation sites is 2. The molecule has 1 aliphatic rings. The van der Waals surface area contributed by atoms with Crippen LogP contribution in [0.4, 0.5) is 11.4 Å². The van der Waals surface area contributed by atoms with E-state index < -0.39 is 11.2 Å². The quantitative estimate of drug-likeness (QED) is 0.0835. The zero-order chi connectivity index (χ0) is 78.9. The molecule has 17 heteroatoms. The lowest BCUT2D eigenvalue weighted by molar-refractivity contribution is 0.0780. The number of imidazole rings is 4. The van der Waals surface area contributed by atoms with Gasteiger partial charge in [0.15, 0.2) is 0 Å². The van der Waals surface area contributed by atoms with Crippen molar-refractivity contribution in [3.8, 4) is 90.3 Å². The highest BCUT2D eigenvalue weighted by atomic mass is 16.5. The van der Waals surface area contributed by atoms with Crippen LogP contribution in [0.3, 0.4) is 0 Å². The van der Waals surface area contributed by atoms with Crippen LogP contribution in [0.25, 0.3) is 111 Å². The number of aliphatic hydroxyl groups is 2. The maximum absolute atomic E-state index is 10.2. The second-order valence-electron chi connectivity index (χ2n) is 29.8. The van der Waals surface area contributed by atoms with Crippen LogP contribution >= 0.6 is 0 Å². The van der Waals surface area contributed by atoms with Crippen LogP contribution in [-0.2, 0) is 15.9 Å². The molecule has 0 amide bonds. The van der Waals surface area contributed by atoms with Crippen LogP contribution in [0.2, 0.25) is 0 Å². The van der Waals surface area contributed by atoms with Gasteiger partial charge in [0.2, 0.25) is 0 Å². The summed E-state index contributed by atoms with van der Waals surface area (Å²) in [6.45, 7) is 18.8. The summed E-state index contributed by atoms with van der Waals surface area (Å²) in [5, 5.41) is 20.3. The van der Waals surface area contributed by atoms with E-state index in [-0.39, 0.29) is 12.2 Å². The first kappa shape index (κ1) is 76.9. The molecule has 17 rings (SSSR count). The fourth-order valence-electron chi connectivity index (χ4n) is 13.8. The topological polar surface area (TPSA) is 164 Å². The Balaban J connectivity index is 0.000000125. The number of nitrogens with zero attached hydrogens (tertiary/aromatic N) is 10. The highest BCUT2D eigenvalue weighted by molar-refractivity contribution is 5.88. The van der Waals surface area contributed by atoms with Gasteiger partial charge < -0.3 is 43.7 Å². The summed E-state index contributed by atoms with van der Waals surface area (Å²) in [6, 6.07) is 90.9. The van der Waals surface area contributed by atoms with E-state index in [9.17, 15) is 10.2 Å². The number of aromatic nitrogens is 8. The summed E-state index contributed by atoms with van der Waals surface area (Å²) in [4.78, 5) is 22.7. The number of hydrogen-bond acceptors (Lipinski definition) is 13. The van der Waals surface area contributed by atoms with Crippen molar-refractivity contribution in [2.45, 2.75) is 78.8 Å².